The van der Waals surface area contributed by atoms with Gasteiger partial charge < -0.3 is 10.2 Å². The molecule has 1 aromatic rings. The predicted octanol–water partition coefficient (Wildman–Crippen LogP) is 2.39. The third kappa shape index (κ3) is 1.73. The molecule has 0 aromatic heterocycles. The third-order valence-electron chi connectivity index (χ3n) is 4.87. The van der Waals surface area contributed by atoms with Gasteiger partial charge in [-0.25, -0.2) is 0 Å². The summed E-state index contributed by atoms with van der Waals surface area (Å²) in [6.07, 6.45) is 0.198. The number of hydrogen-bond acceptors (Lipinski definition) is 3. The van der Waals surface area contributed by atoms with Crippen LogP contribution in [0.25, 0.3) is 0 Å². The minimum atomic E-state index is -2.10. The highest BCUT2D eigenvalue weighted by Crippen LogP contribution is 2.53. The number of carboxylic acids is 2. The topological polar surface area (TPSA) is 91.7 Å². The number of carboxylic acid groups (broad SMARTS) is 2. The Morgan fingerprint density at radius 3 is 2.19 bits per heavy atom. The van der Waals surface area contributed by atoms with Crippen LogP contribution in [0.2, 0.25) is 0 Å². The van der Waals surface area contributed by atoms with Crippen LogP contribution < -0.4 is 0 Å². The molecule has 1 aliphatic carbocycles. The zero-order valence-corrected chi connectivity index (χ0v) is 12.0. The Labute approximate surface area is 122 Å². The second-order valence-electron chi connectivity index (χ2n) is 5.47. The van der Waals surface area contributed by atoms with E-state index < -0.39 is 22.8 Å². The molecule has 1 atom stereocenters. The first-order chi connectivity index (χ1) is 9.87. The van der Waals surface area contributed by atoms with Crippen LogP contribution in [-0.4, -0.2) is 27.9 Å². The van der Waals surface area contributed by atoms with Crippen molar-refractivity contribution in [3.63, 3.8) is 0 Å². The number of Topliss-reactive ketones (excluding diaryl/α,β-unsaturated/α-hetero) is 1. The van der Waals surface area contributed by atoms with Crippen LogP contribution in [0.5, 0.6) is 0 Å². The number of carbonyl (C=O) groups excluding carboxylic acids is 1. The molecule has 1 aromatic carbocycles. The van der Waals surface area contributed by atoms with Crippen molar-refractivity contribution >= 4 is 17.7 Å². The Bertz CT molecular complexity index is 605. The molecule has 0 aliphatic heterocycles. The smallest absolute Gasteiger partial charge is 0.322 e. The maximum absolute atomic E-state index is 12.8. The molecule has 1 aliphatic rings. The monoisotopic (exact) mass is 290 g/mol. The Morgan fingerprint density at radius 1 is 1.19 bits per heavy atom. The van der Waals surface area contributed by atoms with E-state index in [1.165, 1.54) is 6.92 Å². The zero-order valence-electron chi connectivity index (χ0n) is 12.0. The quantitative estimate of drug-likeness (QED) is 0.812. The largest absolute Gasteiger partial charge is 0.480 e. The molecular weight excluding hydrogens is 272 g/mol. The number of hydrogen-bond donors (Lipinski definition) is 2. The van der Waals surface area contributed by atoms with Gasteiger partial charge in [0.15, 0.2) is 11.2 Å². The lowest BCUT2D eigenvalue weighted by atomic mass is 9.58. The van der Waals surface area contributed by atoms with E-state index >= 15 is 0 Å². The number of rotatable bonds is 5. The van der Waals surface area contributed by atoms with Crippen LogP contribution in [0.15, 0.2) is 24.3 Å². The summed E-state index contributed by atoms with van der Waals surface area (Å²) in [5.41, 5.74) is -2.36. The Kier molecular flexibility index (Phi) is 3.61. The minimum Gasteiger partial charge on any atom is -0.480 e. The summed E-state index contributed by atoms with van der Waals surface area (Å²) in [5, 5.41) is 19.2. The first-order valence-electron chi connectivity index (χ1n) is 6.97. The van der Waals surface area contributed by atoms with E-state index in [4.69, 9.17) is 0 Å². The SMILES string of the molecule is CCC1(C(CC)(C(=O)O)C(=O)O)Cc2ccccc2C1=O. The highest BCUT2D eigenvalue weighted by molar-refractivity contribution is 6.13. The number of benzene rings is 1. The molecule has 0 saturated carbocycles. The van der Waals surface area contributed by atoms with Gasteiger partial charge in [0.1, 0.15) is 0 Å². The Balaban J connectivity index is 2.71. The van der Waals surface area contributed by atoms with Crippen molar-refractivity contribution in [1.29, 1.82) is 0 Å². The summed E-state index contributed by atoms with van der Waals surface area (Å²) in [5.74, 6) is -3.26. The maximum atomic E-state index is 12.8. The van der Waals surface area contributed by atoms with Crippen molar-refractivity contribution in [3.8, 4) is 0 Å². The van der Waals surface area contributed by atoms with Gasteiger partial charge in [-0.1, -0.05) is 38.1 Å². The molecule has 5 nitrogen and oxygen atoms in total. The van der Waals surface area contributed by atoms with Gasteiger partial charge in [-0.05, 0) is 24.8 Å². The molecular formula is C16H18O5. The first kappa shape index (κ1) is 15.2. The van der Waals surface area contributed by atoms with Gasteiger partial charge in [0.25, 0.3) is 0 Å². The molecule has 0 amide bonds. The van der Waals surface area contributed by atoms with E-state index in [2.05, 4.69) is 0 Å². The Morgan fingerprint density at radius 2 is 1.76 bits per heavy atom. The molecule has 0 heterocycles. The lowest BCUT2D eigenvalue weighted by Crippen LogP contribution is -2.56. The molecule has 0 fully saturated rings. The molecule has 2 N–H and O–H groups in total. The summed E-state index contributed by atoms with van der Waals surface area (Å²) < 4.78 is 0. The number of ketones is 1. The molecule has 2 rings (SSSR count). The number of carbonyl (C=O) groups is 3. The van der Waals surface area contributed by atoms with Crippen molar-refractivity contribution in [2.45, 2.75) is 33.1 Å². The van der Waals surface area contributed by atoms with Crippen molar-refractivity contribution in [2.24, 2.45) is 10.8 Å². The standard InChI is InChI=1S/C16H18O5/c1-3-15(16(4-2,13(18)19)14(20)21)9-10-7-5-6-8-11(10)12(15)17/h5-8H,3-4,9H2,1-2H3,(H,18,19)(H,20,21). The normalized spacial score (nSPS) is 21.1. The van der Waals surface area contributed by atoms with E-state index in [1.807, 2.05) is 0 Å². The summed E-state index contributed by atoms with van der Waals surface area (Å²) in [4.78, 5) is 36.5. The van der Waals surface area contributed by atoms with Crippen LogP contribution in [0.1, 0.15) is 42.6 Å². The maximum Gasteiger partial charge on any atom is 0.322 e. The molecule has 1 unspecified atom stereocenters. The van der Waals surface area contributed by atoms with E-state index in [-0.39, 0.29) is 25.0 Å². The van der Waals surface area contributed by atoms with Crippen molar-refractivity contribution in [2.75, 3.05) is 0 Å². The minimum absolute atomic E-state index is 0.134. The predicted molar refractivity (Wildman–Crippen MR) is 75.2 cm³/mol. The average molecular weight is 290 g/mol. The second kappa shape index (κ2) is 4.98. The van der Waals surface area contributed by atoms with E-state index in [0.717, 1.165) is 5.56 Å². The molecule has 0 bridgehead atoms. The highest BCUT2D eigenvalue weighted by atomic mass is 16.4. The fourth-order valence-corrected chi connectivity index (χ4v) is 3.63. The summed E-state index contributed by atoms with van der Waals surface area (Å²) in [6, 6.07) is 6.87. The van der Waals surface area contributed by atoms with Gasteiger partial charge in [0.05, 0.1) is 5.41 Å². The molecule has 0 radical (unpaired) electrons. The van der Waals surface area contributed by atoms with Gasteiger partial charge in [-0.3, -0.25) is 14.4 Å². The van der Waals surface area contributed by atoms with Gasteiger partial charge in [-0.15, -0.1) is 0 Å². The van der Waals surface area contributed by atoms with Crippen LogP contribution >= 0.6 is 0 Å². The van der Waals surface area contributed by atoms with E-state index in [9.17, 15) is 24.6 Å². The molecule has 0 saturated heterocycles. The van der Waals surface area contributed by atoms with E-state index in [1.54, 1.807) is 31.2 Å². The van der Waals surface area contributed by atoms with Gasteiger partial charge in [0, 0.05) is 5.56 Å². The fraction of sp³-hybridized carbons (Fsp3) is 0.438. The van der Waals surface area contributed by atoms with Gasteiger partial charge >= 0.3 is 11.9 Å². The lowest BCUT2D eigenvalue weighted by Gasteiger charge is -2.40. The average Bonchev–Trinajstić information content (AvgIpc) is 2.74. The Hall–Kier alpha value is -2.17. The van der Waals surface area contributed by atoms with Crippen LogP contribution in [0, 0.1) is 10.8 Å². The summed E-state index contributed by atoms with van der Waals surface area (Å²) in [6.45, 7) is 3.19. The lowest BCUT2D eigenvalue weighted by molar-refractivity contribution is -0.174. The van der Waals surface area contributed by atoms with Crippen LogP contribution in [-0.2, 0) is 16.0 Å². The van der Waals surface area contributed by atoms with Crippen molar-refractivity contribution < 1.29 is 24.6 Å². The number of aliphatic carboxylic acids is 2. The molecule has 5 heteroatoms. The molecule has 21 heavy (non-hydrogen) atoms. The highest BCUT2D eigenvalue weighted by Gasteiger charge is 2.66. The van der Waals surface area contributed by atoms with Crippen molar-refractivity contribution in [3.05, 3.63) is 35.4 Å². The zero-order chi connectivity index (χ0) is 15.8. The van der Waals surface area contributed by atoms with Gasteiger partial charge in [-0.2, -0.15) is 0 Å². The summed E-state index contributed by atoms with van der Waals surface area (Å²) >= 11 is 0. The van der Waals surface area contributed by atoms with Gasteiger partial charge in [0.2, 0.25) is 0 Å². The second-order valence-corrected chi connectivity index (χ2v) is 5.47. The first-order valence-corrected chi connectivity index (χ1v) is 6.97. The third-order valence-corrected chi connectivity index (χ3v) is 4.87. The summed E-state index contributed by atoms with van der Waals surface area (Å²) in [7, 11) is 0. The fourth-order valence-electron chi connectivity index (χ4n) is 3.63. The molecule has 112 valence electrons. The van der Waals surface area contributed by atoms with Crippen LogP contribution in [0.4, 0.5) is 0 Å². The van der Waals surface area contributed by atoms with E-state index in [0.29, 0.717) is 5.56 Å². The molecule has 0 spiro atoms. The van der Waals surface area contributed by atoms with Crippen molar-refractivity contribution in [1.82, 2.24) is 0 Å². The number of fused-ring (bicyclic) bond motifs is 1. The van der Waals surface area contributed by atoms with Crippen LogP contribution in [0.3, 0.4) is 0 Å².